The predicted molar refractivity (Wildman–Crippen MR) is 114 cm³/mol. The van der Waals surface area contributed by atoms with Crippen LogP contribution in [0.25, 0.3) is 6.08 Å². The minimum Gasteiger partial charge on any atom is -0.333 e. The van der Waals surface area contributed by atoms with Gasteiger partial charge >= 0.3 is 0 Å². The molecule has 2 amide bonds. The van der Waals surface area contributed by atoms with Crippen LogP contribution in [0.3, 0.4) is 0 Å². The molecule has 2 aliphatic heterocycles. The van der Waals surface area contributed by atoms with Gasteiger partial charge in [-0.2, -0.15) is 0 Å². The fourth-order valence-electron chi connectivity index (χ4n) is 4.07. The molecule has 4 rings (SSSR count). The van der Waals surface area contributed by atoms with Gasteiger partial charge in [-0.05, 0) is 28.8 Å². The quantitative estimate of drug-likeness (QED) is 0.841. The lowest BCUT2D eigenvalue weighted by Crippen LogP contribution is -2.49. The number of hydrogen-bond donors (Lipinski definition) is 1. The number of fused-ring (bicyclic) bond motifs is 1. The zero-order valence-corrected chi connectivity index (χ0v) is 17.1. The van der Waals surface area contributed by atoms with Gasteiger partial charge in [-0.25, -0.2) is 0 Å². The van der Waals surface area contributed by atoms with E-state index in [1.54, 1.807) is 24.2 Å². The third-order valence-corrected chi connectivity index (χ3v) is 5.47. The van der Waals surface area contributed by atoms with Gasteiger partial charge in [0.1, 0.15) is 0 Å². The van der Waals surface area contributed by atoms with Crippen molar-refractivity contribution in [2.24, 2.45) is 0 Å². The van der Waals surface area contributed by atoms with Gasteiger partial charge in [0.2, 0.25) is 11.8 Å². The lowest BCUT2D eigenvalue weighted by Gasteiger charge is -2.39. The Morgan fingerprint density at radius 2 is 2.03 bits per heavy atom. The molecule has 0 bridgehead atoms. The van der Waals surface area contributed by atoms with Crippen molar-refractivity contribution < 1.29 is 9.59 Å². The molecule has 0 saturated carbocycles. The van der Waals surface area contributed by atoms with Crippen molar-refractivity contribution >= 4 is 30.3 Å². The fraction of sp³-hybridized carbons (Fsp3) is 0.318. The van der Waals surface area contributed by atoms with Crippen molar-refractivity contribution in [3.05, 3.63) is 71.7 Å². The molecule has 0 aliphatic carbocycles. The van der Waals surface area contributed by atoms with E-state index in [1.807, 2.05) is 53.6 Å². The van der Waals surface area contributed by atoms with E-state index in [9.17, 15) is 9.59 Å². The van der Waals surface area contributed by atoms with Crippen LogP contribution >= 0.6 is 12.4 Å². The molecule has 29 heavy (non-hydrogen) atoms. The molecule has 2 aliphatic rings. The van der Waals surface area contributed by atoms with E-state index in [2.05, 4.69) is 10.3 Å². The first-order valence-electron chi connectivity index (χ1n) is 9.61. The highest BCUT2D eigenvalue weighted by Gasteiger charge is 2.33. The minimum absolute atomic E-state index is 0. The first-order valence-corrected chi connectivity index (χ1v) is 9.61. The summed E-state index contributed by atoms with van der Waals surface area (Å²) in [5.41, 5.74) is 3.10. The number of nitrogens with one attached hydrogen (secondary N) is 1. The van der Waals surface area contributed by atoms with Crippen LogP contribution in [0, 0.1) is 0 Å². The van der Waals surface area contributed by atoms with Crippen molar-refractivity contribution in [1.29, 1.82) is 0 Å². The van der Waals surface area contributed by atoms with E-state index in [0.29, 0.717) is 13.1 Å². The van der Waals surface area contributed by atoms with E-state index in [4.69, 9.17) is 0 Å². The van der Waals surface area contributed by atoms with Crippen LogP contribution in [0.15, 0.2) is 55.0 Å². The maximum absolute atomic E-state index is 13.3. The molecule has 1 saturated heterocycles. The Balaban J connectivity index is 0.00000240. The standard InChI is InChI=1S/C22H24N4O2.ClH/c1-16(27)25-11-8-17-5-2-3-7-19(17)20(25)13-22(28)26-12-10-24-15-21(26)18-6-4-9-23-14-18;/h2-9,11,14,20-21,24H,10,12-13,15H2,1H3;1H. The second-order valence-electron chi connectivity index (χ2n) is 7.18. The SMILES string of the molecule is CC(=O)N1C=Cc2ccccc2C1CC(=O)N1CCNCC1c1cccnc1.Cl. The number of rotatable bonds is 3. The second kappa shape index (κ2) is 9.20. The van der Waals surface area contributed by atoms with Crippen LogP contribution in [-0.2, 0) is 9.59 Å². The number of amides is 2. The zero-order valence-electron chi connectivity index (χ0n) is 16.3. The summed E-state index contributed by atoms with van der Waals surface area (Å²) in [5, 5.41) is 3.37. The Bertz CT molecular complexity index is 903. The number of halogens is 1. The van der Waals surface area contributed by atoms with Crippen molar-refractivity contribution in [2.75, 3.05) is 19.6 Å². The van der Waals surface area contributed by atoms with Gasteiger partial charge < -0.3 is 15.1 Å². The largest absolute Gasteiger partial charge is 0.333 e. The highest BCUT2D eigenvalue weighted by Crippen LogP contribution is 2.34. The third-order valence-electron chi connectivity index (χ3n) is 5.47. The average molecular weight is 413 g/mol. The van der Waals surface area contributed by atoms with E-state index >= 15 is 0 Å². The molecule has 1 N–H and O–H groups in total. The summed E-state index contributed by atoms with van der Waals surface area (Å²) in [6, 6.07) is 11.5. The maximum Gasteiger partial charge on any atom is 0.225 e. The van der Waals surface area contributed by atoms with Crippen LogP contribution < -0.4 is 5.32 Å². The fourth-order valence-corrected chi connectivity index (χ4v) is 4.07. The molecule has 2 atom stereocenters. The molecule has 2 aromatic rings. The molecule has 7 heteroatoms. The molecular formula is C22H25ClN4O2. The Morgan fingerprint density at radius 3 is 2.79 bits per heavy atom. The van der Waals surface area contributed by atoms with Gasteiger partial charge in [0.25, 0.3) is 0 Å². The van der Waals surface area contributed by atoms with Crippen LogP contribution in [-0.4, -0.2) is 46.2 Å². The van der Waals surface area contributed by atoms with Crippen molar-refractivity contribution in [1.82, 2.24) is 20.1 Å². The van der Waals surface area contributed by atoms with Crippen LogP contribution in [0.2, 0.25) is 0 Å². The van der Waals surface area contributed by atoms with Crippen LogP contribution in [0.1, 0.15) is 42.1 Å². The van der Waals surface area contributed by atoms with Crippen molar-refractivity contribution in [2.45, 2.75) is 25.4 Å². The highest BCUT2D eigenvalue weighted by atomic mass is 35.5. The van der Waals surface area contributed by atoms with Gasteiger partial charge in [-0.1, -0.05) is 30.3 Å². The van der Waals surface area contributed by atoms with E-state index in [-0.39, 0.29) is 42.7 Å². The Hall–Kier alpha value is -2.70. The summed E-state index contributed by atoms with van der Waals surface area (Å²) < 4.78 is 0. The van der Waals surface area contributed by atoms with Gasteiger partial charge in [-0.3, -0.25) is 14.6 Å². The lowest BCUT2D eigenvalue weighted by atomic mass is 9.93. The zero-order chi connectivity index (χ0) is 19.5. The predicted octanol–water partition coefficient (Wildman–Crippen LogP) is 2.94. The average Bonchev–Trinajstić information content (AvgIpc) is 2.74. The smallest absolute Gasteiger partial charge is 0.225 e. The molecule has 152 valence electrons. The highest BCUT2D eigenvalue weighted by molar-refractivity contribution is 5.85. The van der Waals surface area contributed by atoms with Gasteiger partial charge in [0.15, 0.2) is 0 Å². The van der Waals surface area contributed by atoms with Crippen molar-refractivity contribution in [3.8, 4) is 0 Å². The maximum atomic E-state index is 13.3. The molecule has 1 aromatic heterocycles. The normalized spacial score (nSPS) is 20.6. The Morgan fingerprint density at radius 1 is 1.21 bits per heavy atom. The topological polar surface area (TPSA) is 65.5 Å². The van der Waals surface area contributed by atoms with Gasteiger partial charge in [0, 0.05) is 45.2 Å². The summed E-state index contributed by atoms with van der Waals surface area (Å²) in [7, 11) is 0. The molecule has 6 nitrogen and oxygen atoms in total. The summed E-state index contributed by atoms with van der Waals surface area (Å²) in [4.78, 5) is 33.3. The number of pyridine rings is 1. The lowest BCUT2D eigenvalue weighted by molar-refractivity contribution is -0.137. The molecule has 3 heterocycles. The molecular weight excluding hydrogens is 388 g/mol. The molecule has 0 radical (unpaired) electrons. The monoisotopic (exact) mass is 412 g/mol. The summed E-state index contributed by atoms with van der Waals surface area (Å²) in [6.07, 6.45) is 7.54. The third kappa shape index (κ3) is 4.33. The molecule has 0 spiro atoms. The number of piperazine rings is 1. The first kappa shape index (κ1) is 21.0. The number of benzene rings is 1. The van der Waals surface area contributed by atoms with E-state index < -0.39 is 0 Å². The Kier molecular flexibility index (Phi) is 6.67. The van der Waals surface area contributed by atoms with Gasteiger partial charge in [-0.15, -0.1) is 12.4 Å². The number of nitrogens with zero attached hydrogens (tertiary/aromatic N) is 3. The molecule has 2 unspecified atom stereocenters. The second-order valence-corrected chi connectivity index (χ2v) is 7.18. The molecule has 1 aromatic carbocycles. The number of carbonyl (C=O) groups excluding carboxylic acids is 2. The van der Waals surface area contributed by atoms with Crippen LogP contribution in [0.4, 0.5) is 0 Å². The number of carbonyl (C=O) groups is 2. The summed E-state index contributed by atoms with van der Waals surface area (Å²) in [6.45, 7) is 3.65. The molecule has 1 fully saturated rings. The minimum atomic E-state index is -0.282. The number of hydrogen-bond acceptors (Lipinski definition) is 4. The van der Waals surface area contributed by atoms with Crippen molar-refractivity contribution in [3.63, 3.8) is 0 Å². The summed E-state index contributed by atoms with van der Waals surface area (Å²) >= 11 is 0. The van der Waals surface area contributed by atoms with Gasteiger partial charge in [0.05, 0.1) is 18.5 Å². The van der Waals surface area contributed by atoms with E-state index in [1.165, 1.54) is 0 Å². The van der Waals surface area contributed by atoms with E-state index in [0.717, 1.165) is 23.2 Å². The first-order chi connectivity index (χ1) is 13.6. The van der Waals surface area contributed by atoms with Crippen LogP contribution in [0.5, 0.6) is 0 Å². The Labute approximate surface area is 177 Å². The number of aromatic nitrogens is 1. The summed E-state index contributed by atoms with van der Waals surface area (Å²) in [5.74, 6) is -0.00983.